The van der Waals surface area contributed by atoms with Crippen molar-refractivity contribution in [3.63, 3.8) is 0 Å². The van der Waals surface area contributed by atoms with E-state index in [2.05, 4.69) is 11.8 Å². The van der Waals surface area contributed by atoms with Gasteiger partial charge in [0.2, 0.25) is 0 Å². The third-order valence-corrected chi connectivity index (χ3v) is 4.21. The molecule has 2 N–H and O–H groups in total. The molecule has 1 heterocycles. The van der Waals surface area contributed by atoms with Crippen LogP contribution in [0.1, 0.15) is 45.4 Å². The van der Waals surface area contributed by atoms with Crippen molar-refractivity contribution in [1.82, 2.24) is 4.90 Å². The highest BCUT2D eigenvalue weighted by atomic mass is 16.5. The van der Waals surface area contributed by atoms with Crippen LogP contribution in [0, 0.1) is 5.92 Å². The molecule has 2 aliphatic rings. The molecule has 3 heteroatoms. The van der Waals surface area contributed by atoms with Crippen molar-refractivity contribution in [2.24, 2.45) is 11.7 Å². The van der Waals surface area contributed by atoms with E-state index in [-0.39, 0.29) is 0 Å². The lowest BCUT2D eigenvalue weighted by Gasteiger charge is -2.39. The van der Waals surface area contributed by atoms with E-state index >= 15 is 0 Å². The van der Waals surface area contributed by atoms with E-state index in [4.69, 9.17) is 10.5 Å². The normalized spacial score (nSPS) is 31.4. The first-order valence-corrected chi connectivity index (χ1v) is 7.37. The zero-order valence-corrected chi connectivity index (χ0v) is 11.2. The minimum atomic E-state index is 0.431. The van der Waals surface area contributed by atoms with Crippen molar-refractivity contribution >= 4 is 0 Å². The molecule has 2 rings (SSSR count). The Morgan fingerprint density at radius 1 is 1.18 bits per heavy atom. The number of hydrogen-bond donors (Lipinski definition) is 1. The highest BCUT2D eigenvalue weighted by Gasteiger charge is 2.25. The second-order valence-corrected chi connectivity index (χ2v) is 5.82. The Morgan fingerprint density at radius 3 is 2.53 bits per heavy atom. The maximum Gasteiger partial charge on any atom is 0.0597 e. The van der Waals surface area contributed by atoms with Crippen LogP contribution in [0.3, 0.4) is 0 Å². The molecule has 2 fully saturated rings. The molecule has 17 heavy (non-hydrogen) atoms. The van der Waals surface area contributed by atoms with Crippen LogP contribution < -0.4 is 5.73 Å². The molecule has 1 aliphatic heterocycles. The molecule has 0 aromatic carbocycles. The van der Waals surface area contributed by atoms with Gasteiger partial charge in [-0.3, -0.25) is 0 Å². The predicted octanol–water partition coefficient (Wildman–Crippen LogP) is 2.00. The van der Waals surface area contributed by atoms with Crippen LogP contribution in [-0.4, -0.2) is 43.3 Å². The number of ether oxygens (including phenoxy) is 1. The molecule has 0 bridgehead atoms. The predicted molar refractivity (Wildman–Crippen MR) is 71.0 cm³/mol. The Labute approximate surface area is 106 Å². The standard InChI is InChI=1S/C14H28N2O/c1-2-3-12-10-16(11-12)8-9-17-14-6-4-13(15)5-7-14/h12-14H,2-11,15H2,1H3. The Bertz CT molecular complexity index is 208. The van der Waals surface area contributed by atoms with Crippen LogP contribution in [0.2, 0.25) is 0 Å². The SMILES string of the molecule is CCCC1CN(CCOC2CCC(N)CC2)C1. The van der Waals surface area contributed by atoms with Crippen LogP contribution >= 0.6 is 0 Å². The zero-order valence-electron chi connectivity index (χ0n) is 11.2. The van der Waals surface area contributed by atoms with Gasteiger partial charge >= 0.3 is 0 Å². The minimum Gasteiger partial charge on any atom is -0.377 e. The van der Waals surface area contributed by atoms with E-state index in [9.17, 15) is 0 Å². The first-order valence-electron chi connectivity index (χ1n) is 7.37. The Kier molecular flexibility index (Phi) is 5.26. The number of likely N-dealkylation sites (tertiary alicyclic amines) is 1. The molecule has 0 spiro atoms. The number of rotatable bonds is 6. The lowest BCUT2D eigenvalue weighted by atomic mass is 9.93. The molecule has 1 saturated carbocycles. The summed E-state index contributed by atoms with van der Waals surface area (Å²) in [6.45, 7) is 6.92. The third kappa shape index (κ3) is 4.23. The van der Waals surface area contributed by atoms with Gasteiger partial charge in [-0.2, -0.15) is 0 Å². The summed E-state index contributed by atoms with van der Waals surface area (Å²) in [5.41, 5.74) is 5.88. The van der Waals surface area contributed by atoms with Crippen LogP contribution in [-0.2, 0) is 4.74 Å². The summed E-state index contributed by atoms with van der Waals surface area (Å²) in [5.74, 6) is 0.965. The van der Waals surface area contributed by atoms with Crippen molar-refractivity contribution < 1.29 is 4.74 Å². The van der Waals surface area contributed by atoms with Crippen LogP contribution in [0.15, 0.2) is 0 Å². The molecule has 0 radical (unpaired) electrons. The fourth-order valence-electron chi connectivity index (χ4n) is 3.05. The average molecular weight is 240 g/mol. The van der Waals surface area contributed by atoms with Crippen molar-refractivity contribution in [3.8, 4) is 0 Å². The maximum absolute atomic E-state index is 5.94. The van der Waals surface area contributed by atoms with E-state index in [0.29, 0.717) is 12.1 Å². The van der Waals surface area contributed by atoms with Gasteiger partial charge in [-0.05, 0) is 38.0 Å². The lowest BCUT2D eigenvalue weighted by molar-refractivity contribution is -0.00641. The van der Waals surface area contributed by atoms with Crippen molar-refractivity contribution in [3.05, 3.63) is 0 Å². The zero-order chi connectivity index (χ0) is 12.1. The largest absolute Gasteiger partial charge is 0.377 e. The molecule has 0 unspecified atom stereocenters. The molecule has 1 saturated heterocycles. The molecule has 0 amide bonds. The third-order valence-electron chi connectivity index (χ3n) is 4.21. The summed E-state index contributed by atoms with van der Waals surface area (Å²) >= 11 is 0. The van der Waals surface area contributed by atoms with E-state index in [1.807, 2.05) is 0 Å². The van der Waals surface area contributed by atoms with Crippen LogP contribution in [0.4, 0.5) is 0 Å². The summed E-state index contributed by atoms with van der Waals surface area (Å²) in [6.07, 6.45) is 7.84. The lowest BCUT2D eigenvalue weighted by Crippen LogP contribution is -2.48. The van der Waals surface area contributed by atoms with Gasteiger partial charge in [0.25, 0.3) is 0 Å². The summed E-state index contributed by atoms with van der Waals surface area (Å²) in [6, 6.07) is 0.431. The molecule has 1 aliphatic carbocycles. The monoisotopic (exact) mass is 240 g/mol. The van der Waals surface area contributed by atoms with Gasteiger partial charge in [0, 0.05) is 25.7 Å². The molecular formula is C14H28N2O. The van der Waals surface area contributed by atoms with E-state index in [0.717, 1.165) is 31.9 Å². The van der Waals surface area contributed by atoms with Crippen molar-refractivity contribution in [2.75, 3.05) is 26.2 Å². The Balaban J connectivity index is 1.47. The highest BCUT2D eigenvalue weighted by molar-refractivity contribution is 4.79. The van der Waals surface area contributed by atoms with Crippen LogP contribution in [0.5, 0.6) is 0 Å². The summed E-state index contributed by atoms with van der Waals surface area (Å²) in [4.78, 5) is 2.52. The number of nitrogens with zero attached hydrogens (tertiary/aromatic N) is 1. The summed E-state index contributed by atoms with van der Waals surface area (Å²) in [7, 11) is 0. The molecule has 0 aromatic heterocycles. The Hall–Kier alpha value is -0.120. The van der Waals surface area contributed by atoms with E-state index in [1.165, 1.54) is 38.8 Å². The van der Waals surface area contributed by atoms with Crippen molar-refractivity contribution in [2.45, 2.75) is 57.6 Å². The minimum absolute atomic E-state index is 0.431. The van der Waals surface area contributed by atoms with Gasteiger partial charge in [-0.1, -0.05) is 13.3 Å². The second kappa shape index (κ2) is 6.72. The highest BCUT2D eigenvalue weighted by Crippen LogP contribution is 2.21. The molecule has 0 aromatic rings. The van der Waals surface area contributed by atoms with E-state index in [1.54, 1.807) is 0 Å². The molecule has 100 valence electrons. The fourth-order valence-corrected chi connectivity index (χ4v) is 3.05. The van der Waals surface area contributed by atoms with Gasteiger partial charge in [0.05, 0.1) is 12.7 Å². The average Bonchev–Trinajstić information content (AvgIpc) is 2.28. The fraction of sp³-hybridized carbons (Fsp3) is 1.00. The maximum atomic E-state index is 5.94. The molecule has 0 atom stereocenters. The molecule has 3 nitrogen and oxygen atoms in total. The van der Waals surface area contributed by atoms with Gasteiger partial charge in [0.1, 0.15) is 0 Å². The van der Waals surface area contributed by atoms with Gasteiger partial charge in [-0.15, -0.1) is 0 Å². The van der Waals surface area contributed by atoms with Gasteiger partial charge in [0.15, 0.2) is 0 Å². The van der Waals surface area contributed by atoms with Gasteiger partial charge < -0.3 is 15.4 Å². The number of hydrogen-bond acceptors (Lipinski definition) is 3. The smallest absolute Gasteiger partial charge is 0.0597 e. The first kappa shape index (κ1) is 13.3. The summed E-state index contributed by atoms with van der Waals surface area (Å²) in [5, 5.41) is 0. The van der Waals surface area contributed by atoms with Gasteiger partial charge in [-0.25, -0.2) is 0 Å². The topological polar surface area (TPSA) is 38.5 Å². The van der Waals surface area contributed by atoms with Crippen molar-refractivity contribution in [1.29, 1.82) is 0 Å². The first-order chi connectivity index (χ1) is 8.28. The van der Waals surface area contributed by atoms with E-state index < -0.39 is 0 Å². The second-order valence-electron chi connectivity index (χ2n) is 5.82. The quantitative estimate of drug-likeness (QED) is 0.772. The molecular weight excluding hydrogens is 212 g/mol. The number of nitrogens with two attached hydrogens (primary N) is 1. The Morgan fingerprint density at radius 2 is 1.88 bits per heavy atom. The van der Waals surface area contributed by atoms with Crippen LogP contribution in [0.25, 0.3) is 0 Å². The summed E-state index contributed by atoms with van der Waals surface area (Å²) < 4.78 is 5.94.